The van der Waals surface area contributed by atoms with Gasteiger partial charge in [0.05, 0.1) is 42.8 Å². The number of nitrogens with zero attached hydrogens (tertiary/aromatic N) is 3. The van der Waals surface area contributed by atoms with Gasteiger partial charge in [-0.1, -0.05) is 22.6 Å². The number of fused-ring (bicyclic) bond motifs is 3. The molecule has 3 fully saturated rings. The Hall–Kier alpha value is -3.57. The number of ether oxygens (including phenoxy) is 3. The van der Waals surface area contributed by atoms with E-state index in [1.165, 1.54) is 25.3 Å². The Morgan fingerprint density at radius 1 is 1.10 bits per heavy atom. The Balaban J connectivity index is 1.11. The molecule has 2 unspecified atom stereocenters. The van der Waals surface area contributed by atoms with Gasteiger partial charge in [-0.05, 0) is 62.8 Å². The van der Waals surface area contributed by atoms with E-state index >= 15 is 0 Å². The number of aromatic nitrogens is 2. The van der Waals surface area contributed by atoms with E-state index in [1.807, 2.05) is 0 Å². The number of carbonyl (C=O) groups excluding carboxylic acids is 1. The van der Waals surface area contributed by atoms with E-state index in [2.05, 4.69) is 10.1 Å². The van der Waals surface area contributed by atoms with Crippen molar-refractivity contribution in [1.29, 1.82) is 0 Å². The maximum Gasteiger partial charge on any atom is 0.338 e. The summed E-state index contributed by atoms with van der Waals surface area (Å²) >= 11 is 1.54. The van der Waals surface area contributed by atoms with E-state index in [-0.39, 0.29) is 42.0 Å². The fourth-order valence-electron chi connectivity index (χ4n) is 6.31. The molecule has 2 saturated heterocycles. The Bertz CT molecular complexity index is 1600. The molecule has 0 N–H and O–H groups in total. The molecular formula is C30H29F2N3O5S. The third-order valence-electron chi connectivity index (χ3n) is 8.43. The van der Waals surface area contributed by atoms with Crippen LogP contribution in [0, 0.1) is 11.6 Å². The van der Waals surface area contributed by atoms with Gasteiger partial charge < -0.3 is 23.6 Å². The number of rotatable bonds is 8. The topological polar surface area (TPSA) is 86.9 Å². The summed E-state index contributed by atoms with van der Waals surface area (Å²) in [4.78, 5) is 19.5. The summed E-state index contributed by atoms with van der Waals surface area (Å²) in [6, 6.07) is 7.77. The highest BCUT2D eigenvalue weighted by molar-refractivity contribution is 7.22. The highest BCUT2D eigenvalue weighted by Crippen LogP contribution is 2.47. The van der Waals surface area contributed by atoms with E-state index in [0.717, 1.165) is 53.9 Å². The van der Waals surface area contributed by atoms with Crippen LogP contribution >= 0.6 is 11.3 Å². The molecule has 214 valence electrons. The molecule has 2 aliphatic heterocycles. The predicted molar refractivity (Wildman–Crippen MR) is 148 cm³/mol. The zero-order valence-corrected chi connectivity index (χ0v) is 23.5. The van der Waals surface area contributed by atoms with Crippen molar-refractivity contribution in [2.24, 2.45) is 0 Å². The minimum atomic E-state index is -0.667. The second-order valence-electron chi connectivity index (χ2n) is 11.0. The molecular weight excluding hydrogens is 552 g/mol. The monoisotopic (exact) mass is 581 g/mol. The normalized spacial score (nSPS) is 22.0. The maximum atomic E-state index is 14.7. The first-order valence-electron chi connectivity index (χ1n) is 13.8. The molecule has 2 aromatic heterocycles. The van der Waals surface area contributed by atoms with Crippen LogP contribution in [0.5, 0.6) is 5.75 Å². The fourth-order valence-corrected chi connectivity index (χ4v) is 7.48. The van der Waals surface area contributed by atoms with Crippen molar-refractivity contribution < 1.29 is 32.3 Å². The van der Waals surface area contributed by atoms with Gasteiger partial charge >= 0.3 is 5.97 Å². The Morgan fingerprint density at radius 2 is 1.83 bits per heavy atom. The largest absolute Gasteiger partial charge is 0.494 e. The zero-order chi connectivity index (χ0) is 28.2. The third-order valence-corrected chi connectivity index (χ3v) is 9.45. The molecule has 1 saturated carbocycles. The van der Waals surface area contributed by atoms with Gasteiger partial charge in [-0.15, -0.1) is 0 Å². The van der Waals surface area contributed by atoms with E-state index < -0.39 is 17.6 Å². The van der Waals surface area contributed by atoms with Gasteiger partial charge in [0.25, 0.3) is 0 Å². The molecule has 3 atom stereocenters. The molecule has 3 aliphatic rings. The smallest absolute Gasteiger partial charge is 0.338 e. The molecule has 2 aromatic carbocycles. The van der Waals surface area contributed by atoms with Crippen LogP contribution in [-0.4, -0.2) is 48.5 Å². The molecule has 8 nitrogen and oxygen atoms in total. The van der Waals surface area contributed by atoms with E-state index in [1.54, 1.807) is 30.6 Å². The Morgan fingerprint density at radius 3 is 2.49 bits per heavy atom. The zero-order valence-electron chi connectivity index (χ0n) is 22.7. The maximum absolute atomic E-state index is 14.7. The van der Waals surface area contributed by atoms with Crippen molar-refractivity contribution >= 4 is 32.7 Å². The minimum Gasteiger partial charge on any atom is -0.494 e. The van der Waals surface area contributed by atoms with E-state index in [0.29, 0.717) is 22.6 Å². The number of carbonyl (C=O) groups is 1. The van der Waals surface area contributed by atoms with E-state index in [4.69, 9.17) is 23.7 Å². The van der Waals surface area contributed by atoms with Crippen LogP contribution in [0.2, 0.25) is 0 Å². The number of methoxy groups -OCH3 is 2. The quantitative estimate of drug-likeness (QED) is 0.215. The highest BCUT2D eigenvalue weighted by atomic mass is 32.1. The third kappa shape index (κ3) is 4.64. The number of benzene rings is 2. The standard InChI is InChI=1S/C30H29F2N3O5S/c1-37-23-10-16(29(36)38-2)11-24-27(23)33-30(41-24)35-17-8-9-18(35)13-19(12-17)39-14-20-26(34-40-28(20)15-6-7-15)25-21(31)4-3-5-22(25)32/h3-5,10-11,15,17-19H,6-9,12-14H2,1-2H3/t17-,18?,19?/m0/s1. The van der Waals surface area contributed by atoms with Crippen LogP contribution < -0.4 is 9.64 Å². The number of anilines is 1. The van der Waals surface area contributed by atoms with Crippen LogP contribution in [0.25, 0.3) is 21.5 Å². The minimum absolute atomic E-state index is 0.0149. The van der Waals surface area contributed by atoms with Crippen LogP contribution in [0.4, 0.5) is 13.9 Å². The highest BCUT2D eigenvalue weighted by Gasteiger charge is 2.43. The van der Waals surface area contributed by atoms with Gasteiger partial charge in [0.2, 0.25) is 0 Å². The molecule has 0 spiro atoms. The van der Waals surface area contributed by atoms with Gasteiger partial charge in [-0.2, -0.15) is 0 Å². The number of hydrogen-bond acceptors (Lipinski definition) is 9. The number of hydrogen-bond donors (Lipinski definition) is 0. The van der Waals surface area contributed by atoms with Gasteiger partial charge in [0.1, 0.15) is 34.4 Å². The molecule has 11 heteroatoms. The first-order chi connectivity index (χ1) is 19.9. The summed E-state index contributed by atoms with van der Waals surface area (Å²) < 4.78 is 52.7. The predicted octanol–water partition coefficient (Wildman–Crippen LogP) is 6.62. The van der Waals surface area contributed by atoms with Crippen molar-refractivity contribution in [3.8, 4) is 17.0 Å². The molecule has 1 aliphatic carbocycles. The summed E-state index contributed by atoms with van der Waals surface area (Å²) in [7, 11) is 2.92. The van der Waals surface area contributed by atoms with Gasteiger partial charge in [-0.25, -0.2) is 18.6 Å². The number of esters is 1. The molecule has 7 rings (SSSR count). The first-order valence-corrected chi connectivity index (χ1v) is 14.7. The number of piperidine rings is 1. The molecule has 2 bridgehead atoms. The summed E-state index contributed by atoms with van der Waals surface area (Å²) in [5.41, 5.74) is 1.82. The average molecular weight is 582 g/mol. The molecule has 4 heterocycles. The lowest BCUT2D eigenvalue weighted by molar-refractivity contribution is 0.0147. The van der Waals surface area contributed by atoms with Gasteiger partial charge in [0.15, 0.2) is 5.13 Å². The van der Waals surface area contributed by atoms with Crippen molar-refractivity contribution in [2.75, 3.05) is 19.1 Å². The molecule has 4 aromatic rings. The lowest BCUT2D eigenvalue weighted by Crippen LogP contribution is -2.45. The lowest BCUT2D eigenvalue weighted by atomic mass is 10.00. The van der Waals surface area contributed by atoms with Gasteiger partial charge in [0, 0.05) is 23.6 Å². The Kier molecular flexibility index (Phi) is 6.66. The second-order valence-corrected chi connectivity index (χ2v) is 12.0. The van der Waals surface area contributed by atoms with Gasteiger partial charge in [-0.3, -0.25) is 0 Å². The second kappa shape index (κ2) is 10.4. The van der Waals surface area contributed by atoms with E-state index in [9.17, 15) is 13.6 Å². The average Bonchev–Trinajstić information content (AvgIpc) is 3.50. The lowest BCUT2D eigenvalue weighted by Gasteiger charge is -2.38. The van der Waals surface area contributed by atoms with Crippen LogP contribution in [-0.2, 0) is 16.1 Å². The Labute approximate surface area is 239 Å². The van der Waals surface area contributed by atoms with Crippen LogP contribution in [0.1, 0.15) is 66.1 Å². The summed E-state index contributed by atoms with van der Waals surface area (Å²) in [6.07, 6.45) is 5.60. The summed E-state index contributed by atoms with van der Waals surface area (Å²) in [5, 5.41) is 5.00. The van der Waals surface area contributed by atoms with Crippen molar-refractivity contribution in [3.05, 3.63) is 58.9 Å². The van der Waals surface area contributed by atoms with Crippen LogP contribution in [0.15, 0.2) is 34.9 Å². The van der Waals surface area contributed by atoms with Crippen molar-refractivity contribution in [2.45, 2.75) is 69.2 Å². The summed E-state index contributed by atoms with van der Waals surface area (Å²) in [6.45, 7) is 0.192. The molecule has 0 radical (unpaired) electrons. The number of thiazole rings is 1. The van der Waals surface area contributed by atoms with Crippen molar-refractivity contribution in [3.63, 3.8) is 0 Å². The molecule has 41 heavy (non-hydrogen) atoms. The fraction of sp³-hybridized carbons (Fsp3) is 0.433. The first kappa shape index (κ1) is 26.3. The SMILES string of the molecule is COC(=O)c1cc(OC)c2nc(N3C4CC[C@H]3CC(OCc3c(-c5c(F)cccc5F)noc3C3CC3)C4)sc2c1. The number of halogens is 2. The van der Waals surface area contributed by atoms with Crippen LogP contribution in [0.3, 0.4) is 0 Å². The molecule has 0 amide bonds. The van der Waals surface area contributed by atoms with Crippen molar-refractivity contribution in [1.82, 2.24) is 10.1 Å². The summed E-state index contributed by atoms with van der Waals surface area (Å²) in [5.74, 6) is -0.315.